The maximum Gasteiger partial charge on any atom is 0.191 e. The Bertz CT molecular complexity index is 1350. The second-order valence-corrected chi connectivity index (χ2v) is 8.16. The summed E-state index contributed by atoms with van der Waals surface area (Å²) < 4.78 is 15.2. The highest BCUT2D eigenvalue weighted by Crippen LogP contribution is 2.32. The number of pyridine rings is 1. The molecule has 0 amide bonds. The lowest BCUT2D eigenvalue weighted by Gasteiger charge is -2.10. The Morgan fingerprint density at radius 3 is 2.42 bits per heavy atom. The van der Waals surface area contributed by atoms with E-state index < -0.39 is 0 Å². The Morgan fingerprint density at radius 2 is 1.61 bits per heavy atom. The van der Waals surface area contributed by atoms with Crippen molar-refractivity contribution in [2.24, 2.45) is 7.05 Å². The summed E-state index contributed by atoms with van der Waals surface area (Å²) in [6.07, 6.45) is 0. The van der Waals surface area contributed by atoms with Gasteiger partial charge in [0.15, 0.2) is 11.0 Å². The predicted molar refractivity (Wildman–Crippen MR) is 123 cm³/mol. The van der Waals surface area contributed by atoms with Crippen LogP contribution in [-0.4, -0.2) is 19.7 Å². The molecule has 31 heavy (non-hydrogen) atoms. The molecular weight excluding hydrogens is 407 g/mol. The van der Waals surface area contributed by atoms with Crippen LogP contribution in [0.25, 0.3) is 33.5 Å². The van der Waals surface area contributed by atoms with Crippen LogP contribution in [0.5, 0.6) is 0 Å². The molecule has 5 rings (SSSR count). The lowest BCUT2D eigenvalue weighted by atomic mass is 10.0. The smallest absolute Gasteiger partial charge is 0.191 e. The van der Waals surface area contributed by atoms with Crippen molar-refractivity contribution in [3.05, 3.63) is 96.3 Å². The summed E-state index contributed by atoms with van der Waals surface area (Å²) in [7, 11) is 1.97. The van der Waals surface area contributed by atoms with Gasteiger partial charge in [-0.1, -0.05) is 72.4 Å². The molecule has 4 nitrogen and oxygen atoms in total. The van der Waals surface area contributed by atoms with E-state index in [9.17, 15) is 4.39 Å². The van der Waals surface area contributed by atoms with E-state index in [0.717, 1.165) is 44.3 Å². The first-order chi connectivity index (χ1) is 15.2. The highest BCUT2D eigenvalue weighted by atomic mass is 32.2. The van der Waals surface area contributed by atoms with Gasteiger partial charge in [0.2, 0.25) is 0 Å². The third-order valence-electron chi connectivity index (χ3n) is 5.14. The van der Waals surface area contributed by atoms with Gasteiger partial charge in [0.05, 0.1) is 11.2 Å². The Labute approximate surface area is 183 Å². The number of fused-ring (bicyclic) bond motifs is 1. The number of hydrogen-bond donors (Lipinski definition) is 0. The normalized spacial score (nSPS) is 11.2. The average Bonchev–Trinajstić information content (AvgIpc) is 3.18. The molecule has 0 atom stereocenters. The van der Waals surface area contributed by atoms with Crippen molar-refractivity contribution in [1.82, 2.24) is 19.7 Å². The van der Waals surface area contributed by atoms with E-state index in [2.05, 4.69) is 34.5 Å². The summed E-state index contributed by atoms with van der Waals surface area (Å²) in [6, 6.07) is 26.8. The van der Waals surface area contributed by atoms with E-state index in [1.807, 2.05) is 48.0 Å². The summed E-state index contributed by atoms with van der Waals surface area (Å²) in [5, 5.41) is 10.8. The van der Waals surface area contributed by atoms with Crippen molar-refractivity contribution in [1.29, 1.82) is 0 Å². The molecule has 0 unspecified atom stereocenters. The summed E-state index contributed by atoms with van der Waals surface area (Å²) in [6.45, 7) is 0. The number of rotatable bonds is 5. The molecule has 2 heterocycles. The van der Waals surface area contributed by atoms with Gasteiger partial charge in [-0.2, -0.15) is 0 Å². The maximum absolute atomic E-state index is 13.1. The van der Waals surface area contributed by atoms with E-state index in [1.165, 1.54) is 12.1 Å². The molecule has 0 spiro atoms. The number of halogens is 1. The van der Waals surface area contributed by atoms with Gasteiger partial charge in [-0.15, -0.1) is 10.2 Å². The predicted octanol–water partition coefficient (Wildman–Crippen LogP) is 6.13. The summed E-state index contributed by atoms with van der Waals surface area (Å²) in [5.41, 5.74) is 4.91. The summed E-state index contributed by atoms with van der Waals surface area (Å²) in [4.78, 5) is 4.86. The zero-order valence-electron chi connectivity index (χ0n) is 16.9. The van der Waals surface area contributed by atoms with Gasteiger partial charge in [-0.3, -0.25) is 0 Å². The second-order valence-electron chi connectivity index (χ2n) is 7.22. The zero-order valence-corrected chi connectivity index (χ0v) is 17.7. The first-order valence-electron chi connectivity index (χ1n) is 9.91. The van der Waals surface area contributed by atoms with Crippen LogP contribution in [0.2, 0.25) is 0 Å². The van der Waals surface area contributed by atoms with Gasteiger partial charge in [-0.05, 0) is 29.8 Å². The van der Waals surface area contributed by atoms with Crippen LogP contribution < -0.4 is 0 Å². The van der Waals surface area contributed by atoms with Gasteiger partial charge in [0, 0.05) is 29.3 Å². The first-order valence-corrected chi connectivity index (χ1v) is 10.9. The lowest BCUT2D eigenvalue weighted by molar-refractivity contribution is 0.627. The largest absolute Gasteiger partial charge is 0.305 e. The van der Waals surface area contributed by atoms with Crippen molar-refractivity contribution < 1.29 is 4.39 Å². The van der Waals surface area contributed by atoms with E-state index in [4.69, 9.17) is 4.98 Å². The molecule has 3 aromatic carbocycles. The number of benzene rings is 3. The third-order valence-corrected chi connectivity index (χ3v) is 6.23. The van der Waals surface area contributed by atoms with E-state index in [0.29, 0.717) is 5.75 Å². The standard InChI is InChI=1S/C25H19FN4S/c1-30-24(28-29-25(30)31-16-17-11-13-19(26)14-12-17)21-15-23(18-7-3-2-4-8-18)27-22-10-6-5-9-20(21)22/h2-15H,16H2,1H3. The number of aromatic nitrogens is 4. The minimum absolute atomic E-state index is 0.228. The molecule has 152 valence electrons. The monoisotopic (exact) mass is 426 g/mol. The molecule has 0 aliphatic rings. The Kier molecular flexibility index (Phi) is 5.22. The number of hydrogen-bond acceptors (Lipinski definition) is 4. The maximum atomic E-state index is 13.1. The summed E-state index contributed by atoms with van der Waals surface area (Å²) >= 11 is 1.58. The summed E-state index contributed by atoms with van der Waals surface area (Å²) in [5.74, 6) is 1.25. The van der Waals surface area contributed by atoms with Crippen LogP contribution in [0.4, 0.5) is 4.39 Å². The fourth-order valence-electron chi connectivity index (χ4n) is 3.52. The number of para-hydroxylation sites is 1. The fraction of sp³-hybridized carbons (Fsp3) is 0.0800. The quantitative estimate of drug-likeness (QED) is 0.317. The third kappa shape index (κ3) is 3.94. The van der Waals surface area contributed by atoms with E-state index >= 15 is 0 Å². The topological polar surface area (TPSA) is 43.6 Å². The van der Waals surface area contributed by atoms with Crippen LogP contribution in [0.3, 0.4) is 0 Å². The van der Waals surface area contributed by atoms with Crippen molar-refractivity contribution in [2.45, 2.75) is 10.9 Å². The molecule has 6 heteroatoms. The number of thioether (sulfide) groups is 1. The van der Waals surface area contributed by atoms with Crippen molar-refractivity contribution in [2.75, 3.05) is 0 Å². The molecule has 0 saturated carbocycles. The molecular formula is C25H19FN4S. The van der Waals surface area contributed by atoms with Crippen LogP contribution in [0.15, 0.2) is 90.1 Å². The molecule has 0 saturated heterocycles. The molecule has 0 bridgehead atoms. The lowest BCUT2D eigenvalue weighted by Crippen LogP contribution is -1.97. The highest BCUT2D eigenvalue weighted by molar-refractivity contribution is 7.98. The van der Waals surface area contributed by atoms with E-state index in [1.54, 1.807) is 23.9 Å². The molecule has 0 aliphatic heterocycles. The van der Waals surface area contributed by atoms with Crippen LogP contribution in [0.1, 0.15) is 5.56 Å². The minimum atomic E-state index is -0.228. The Hall–Kier alpha value is -3.51. The Balaban J connectivity index is 1.54. The van der Waals surface area contributed by atoms with Crippen molar-refractivity contribution in [3.8, 4) is 22.6 Å². The molecule has 0 radical (unpaired) electrons. The molecule has 0 N–H and O–H groups in total. The fourth-order valence-corrected chi connectivity index (χ4v) is 4.39. The van der Waals surface area contributed by atoms with Crippen LogP contribution in [-0.2, 0) is 12.8 Å². The average molecular weight is 427 g/mol. The minimum Gasteiger partial charge on any atom is -0.305 e. The molecule has 5 aromatic rings. The van der Waals surface area contributed by atoms with Gasteiger partial charge in [0.1, 0.15) is 5.82 Å². The SMILES string of the molecule is Cn1c(SCc2ccc(F)cc2)nnc1-c1cc(-c2ccccc2)nc2ccccc12. The molecule has 0 aliphatic carbocycles. The van der Waals surface area contributed by atoms with Gasteiger partial charge < -0.3 is 4.57 Å². The van der Waals surface area contributed by atoms with Crippen molar-refractivity contribution in [3.63, 3.8) is 0 Å². The van der Waals surface area contributed by atoms with Gasteiger partial charge >= 0.3 is 0 Å². The van der Waals surface area contributed by atoms with Gasteiger partial charge in [-0.25, -0.2) is 9.37 Å². The van der Waals surface area contributed by atoms with E-state index in [-0.39, 0.29) is 5.82 Å². The second kappa shape index (κ2) is 8.32. The highest BCUT2D eigenvalue weighted by Gasteiger charge is 2.16. The zero-order chi connectivity index (χ0) is 21.2. The van der Waals surface area contributed by atoms with Gasteiger partial charge in [0.25, 0.3) is 0 Å². The first kappa shape index (κ1) is 19.5. The van der Waals surface area contributed by atoms with Crippen LogP contribution in [0, 0.1) is 5.82 Å². The van der Waals surface area contributed by atoms with Crippen LogP contribution >= 0.6 is 11.8 Å². The molecule has 0 fully saturated rings. The van der Waals surface area contributed by atoms with Crippen molar-refractivity contribution >= 4 is 22.7 Å². The molecule has 2 aromatic heterocycles. The number of nitrogens with zero attached hydrogens (tertiary/aromatic N) is 4. The Morgan fingerprint density at radius 1 is 0.871 bits per heavy atom.